The van der Waals surface area contributed by atoms with Gasteiger partial charge in [-0.2, -0.15) is 0 Å². The van der Waals surface area contributed by atoms with Gasteiger partial charge in [-0.05, 0) is 54.6 Å². The number of aryl methyl sites for hydroxylation is 2. The Labute approximate surface area is 145 Å². The van der Waals surface area contributed by atoms with Gasteiger partial charge in [0.1, 0.15) is 6.10 Å². The number of benzene rings is 2. The quantitative estimate of drug-likeness (QED) is 0.497. The van der Waals surface area contributed by atoms with E-state index >= 15 is 0 Å². The van der Waals surface area contributed by atoms with Crippen LogP contribution in [0.2, 0.25) is 0 Å². The predicted molar refractivity (Wildman–Crippen MR) is 103 cm³/mol. The number of nitrogens with one attached hydrogen (secondary N) is 1. The fraction of sp³-hybridized carbons (Fsp3) is 0.211. The van der Waals surface area contributed by atoms with Crippen LogP contribution in [-0.2, 0) is 0 Å². The highest BCUT2D eigenvalue weighted by molar-refractivity contribution is 7.19. The number of nitrogens with zero attached hydrogens (tertiary/aromatic N) is 1. The summed E-state index contributed by atoms with van der Waals surface area (Å²) in [4.78, 5) is 5.16. The van der Waals surface area contributed by atoms with Gasteiger partial charge in [-0.3, -0.25) is 4.99 Å². The van der Waals surface area contributed by atoms with Crippen molar-refractivity contribution in [1.82, 2.24) is 0 Å². The first-order valence-electron chi connectivity index (χ1n) is 7.83. The Kier molecular flexibility index (Phi) is 4.83. The van der Waals surface area contributed by atoms with E-state index in [-0.39, 0.29) is 6.54 Å². The molecule has 0 fully saturated rings. The van der Waals surface area contributed by atoms with Crippen LogP contribution in [0.4, 0.5) is 5.69 Å². The number of rotatable bonds is 4. The third-order valence-corrected chi connectivity index (χ3v) is 5.20. The number of hydrogen-bond donors (Lipinski definition) is 3. The Hall–Kier alpha value is -2.37. The molecule has 0 radical (unpaired) electrons. The highest BCUT2D eigenvalue weighted by atomic mass is 32.1. The molecule has 0 aliphatic carbocycles. The van der Waals surface area contributed by atoms with Gasteiger partial charge in [-0.15, -0.1) is 11.3 Å². The van der Waals surface area contributed by atoms with E-state index < -0.39 is 6.10 Å². The summed E-state index contributed by atoms with van der Waals surface area (Å²) in [6.45, 7) is 4.35. The lowest BCUT2D eigenvalue weighted by atomic mass is 10.1. The molecule has 1 unspecified atom stereocenters. The summed E-state index contributed by atoms with van der Waals surface area (Å²) in [5, 5.41) is 14.5. The number of aliphatic imine (C=N–C) groups is 1. The van der Waals surface area contributed by atoms with Crippen LogP contribution in [0.15, 0.2) is 53.5 Å². The van der Waals surface area contributed by atoms with Crippen molar-refractivity contribution in [2.75, 3.05) is 11.9 Å². The zero-order chi connectivity index (χ0) is 17.1. The molecule has 0 aliphatic rings. The zero-order valence-electron chi connectivity index (χ0n) is 13.8. The molecule has 24 heavy (non-hydrogen) atoms. The molecule has 4 N–H and O–H groups in total. The molecule has 0 aliphatic heterocycles. The molecule has 0 bridgehead atoms. The number of aliphatic hydroxyl groups is 1. The second kappa shape index (κ2) is 7.03. The molecule has 1 atom stereocenters. The topological polar surface area (TPSA) is 70.6 Å². The Bertz CT molecular complexity index is 852. The van der Waals surface area contributed by atoms with E-state index in [0.29, 0.717) is 5.96 Å². The van der Waals surface area contributed by atoms with E-state index in [1.54, 1.807) is 11.3 Å². The second-order valence-corrected chi connectivity index (χ2v) is 6.97. The second-order valence-electron chi connectivity index (χ2n) is 5.85. The van der Waals surface area contributed by atoms with Crippen molar-refractivity contribution in [3.63, 3.8) is 0 Å². The smallest absolute Gasteiger partial charge is 0.193 e. The van der Waals surface area contributed by atoms with Crippen molar-refractivity contribution in [1.29, 1.82) is 0 Å². The summed E-state index contributed by atoms with van der Waals surface area (Å²) in [6.07, 6.45) is -0.650. The molecule has 3 aromatic rings. The van der Waals surface area contributed by atoms with Crippen LogP contribution in [0.5, 0.6) is 0 Å². The highest BCUT2D eigenvalue weighted by Crippen LogP contribution is 2.29. The van der Waals surface area contributed by atoms with E-state index in [0.717, 1.165) is 20.7 Å². The summed E-state index contributed by atoms with van der Waals surface area (Å²) in [5.74, 6) is 0.304. The van der Waals surface area contributed by atoms with Crippen LogP contribution in [0.3, 0.4) is 0 Å². The molecule has 0 saturated carbocycles. The van der Waals surface area contributed by atoms with Crippen molar-refractivity contribution in [2.45, 2.75) is 20.0 Å². The van der Waals surface area contributed by atoms with E-state index in [9.17, 15) is 5.11 Å². The first-order valence-corrected chi connectivity index (χ1v) is 8.65. The van der Waals surface area contributed by atoms with Crippen LogP contribution in [0.1, 0.15) is 22.1 Å². The third-order valence-electron chi connectivity index (χ3n) is 3.99. The van der Waals surface area contributed by atoms with Gasteiger partial charge in [0.05, 0.1) is 6.54 Å². The summed E-state index contributed by atoms with van der Waals surface area (Å²) >= 11 is 1.58. The molecule has 0 amide bonds. The largest absolute Gasteiger partial charge is 0.386 e. The normalized spacial score (nSPS) is 13.2. The lowest BCUT2D eigenvalue weighted by molar-refractivity contribution is 0.191. The van der Waals surface area contributed by atoms with Crippen molar-refractivity contribution >= 4 is 33.1 Å². The van der Waals surface area contributed by atoms with Gasteiger partial charge in [-0.25, -0.2) is 0 Å². The standard InChI is InChI=1S/C19H21N3OS/c1-12-7-8-15(9-13(12)2)22-19(20)21-11-16(23)18-10-14-5-3-4-6-17(14)24-18/h3-10,16,23H,11H2,1-2H3,(H3,20,21,22). The molecule has 0 spiro atoms. The molecular formula is C19H21N3OS. The first-order chi connectivity index (χ1) is 11.5. The first kappa shape index (κ1) is 16.5. The molecule has 4 nitrogen and oxygen atoms in total. The van der Waals surface area contributed by atoms with E-state index in [4.69, 9.17) is 5.73 Å². The van der Waals surface area contributed by atoms with Gasteiger partial charge in [0, 0.05) is 15.3 Å². The Morgan fingerprint density at radius 3 is 2.71 bits per heavy atom. The molecule has 1 heterocycles. The Morgan fingerprint density at radius 1 is 1.17 bits per heavy atom. The minimum absolute atomic E-state index is 0.233. The maximum Gasteiger partial charge on any atom is 0.193 e. The van der Waals surface area contributed by atoms with E-state index in [1.165, 1.54) is 11.1 Å². The molecular weight excluding hydrogens is 318 g/mol. The van der Waals surface area contributed by atoms with E-state index in [1.807, 2.05) is 42.5 Å². The van der Waals surface area contributed by atoms with Gasteiger partial charge in [-0.1, -0.05) is 24.3 Å². The number of fused-ring (bicyclic) bond motifs is 1. The number of guanidine groups is 1. The summed E-state index contributed by atoms with van der Waals surface area (Å²) in [7, 11) is 0. The van der Waals surface area contributed by atoms with Gasteiger partial charge >= 0.3 is 0 Å². The van der Waals surface area contributed by atoms with Gasteiger partial charge in [0.2, 0.25) is 0 Å². The molecule has 0 saturated heterocycles. The monoisotopic (exact) mass is 339 g/mol. The average molecular weight is 339 g/mol. The Morgan fingerprint density at radius 2 is 1.96 bits per heavy atom. The average Bonchev–Trinajstić information content (AvgIpc) is 3.00. The summed E-state index contributed by atoms with van der Waals surface area (Å²) in [5.41, 5.74) is 9.25. The lowest BCUT2D eigenvalue weighted by Crippen LogP contribution is -2.23. The molecule has 1 aromatic heterocycles. The maximum atomic E-state index is 10.3. The molecule has 124 valence electrons. The number of thiophene rings is 1. The van der Waals surface area contributed by atoms with Crippen molar-refractivity contribution in [3.05, 3.63) is 64.5 Å². The van der Waals surface area contributed by atoms with Gasteiger partial charge in [0.15, 0.2) is 5.96 Å². The molecule has 5 heteroatoms. The summed E-state index contributed by atoms with van der Waals surface area (Å²) < 4.78 is 1.16. The van der Waals surface area contributed by atoms with Crippen molar-refractivity contribution in [2.24, 2.45) is 10.7 Å². The maximum absolute atomic E-state index is 10.3. The Balaban J connectivity index is 1.66. The minimum Gasteiger partial charge on any atom is -0.386 e. The molecule has 2 aromatic carbocycles. The highest BCUT2D eigenvalue weighted by Gasteiger charge is 2.11. The van der Waals surface area contributed by atoms with Crippen LogP contribution in [0, 0.1) is 13.8 Å². The van der Waals surface area contributed by atoms with Crippen molar-refractivity contribution in [3.8, 4) is 0 Å². The fourth-order valence-electron chi connectivity index (χ4n) is 2.45. The predicted octanol–water partition coefficient (Wildman–Crippen LogP) is 3.98. The third kappa shape index (κ3) is 3.75. The summed E-state index contributed by atoms with van der Waals surface area (Å²) in [6, 6.07) is 16.1. The van der Waals surface area contributed by atoms with Crippen LogP contribution in [0.25, 0.3) is 10.1 Å². The SMILES string of the molecule is Cc1ccc(NC(N)=NCC(O)c2cc3ccccc3s2)cc1C. The van der Waals surface area contributed by atoms with Gasteiger partial charge < -0.3 is 16.2 Å². The van der Waals surface area contributed by atoms with Crippen LogP contribution in [-0.4, -0.2) is 17.6 Å². The van der Waals surface area contributed by atoms with E-state index in [2.05, 4.69) is 30.2 Å². The van der Waals surface area contributed by atoms with Crippen LogP contribution < -0.4 is 11.1 Å². The zero-order valence-corrected chi connectivity index (χ0v) is 14.6. The lowest BCUT2D eigenvalue weighted by Gasteiger charge is -2.09. The number of anilines is 1. The molecule has 3 rings (SSSR count). The fourth-order valence-corrected chi connectivity index (χ4v) is 3.49. The van der Waals surface area contributed by atoms with Gasteiger partial charge in [0.25, 0.3) is 0 Å². The van der Waals surface area contributed by atoms with Crippen LogP contribution >= 0.6 is 11.3 Å². The number of nitrogens with two attached hydrogens (primary N) is 1. The van der Waals surface area contributed by atoms with Crippen molar-refractivity contribution < 1.29 is 5.11 Å². The minimum atomic E-state index is -0.650. The number of hydrogen-bond acceptors (Lipinski definition) is 3. The number of aliphatic hydroxyl groups excluding tert-OH is 1.